The van der Waals surface area contributed by atoms with Crippen molar-refractivity contribution in [2.45, 2.75) is 0 Å². The quantitative estimate of drug-likeness (QED) is 0.426. The number of carboxylic acid groups (broad SMARTS) is 2. The van der Waals surface area contributed by atoms with Gasteiger partial charge in [-0.15, -0.1) is 0 Å². The molecule has 0 aliphatic carbocycles. The van der Waals surface area contributed by atoms with Gasteiger partial charge in [0.1, 0.15) is 0 Å². The molecule has 0 amide bonds. The van der Waals surface area contributed by atoms with Crippen LogP contribution in [0.3, 0.4) is 0 Å². The van der Waals surface area contributed by atoms with Crippen LogP contribution in [0.15, 0.2) is 25.0 Å². The normalized spacial score (nSPS) is 8.13. The van der Waals surface area contributed by atoms with Crippen molar-refractivity contribution >= 4 is 29.5 Å². The molecule has 0 heterocycles. The van der Waals surface area contributed by atoms with Crippen LogP contribution in [0.2, 0.25) is 0 Å². The maximum Gasteiger partial charge on any atom is 0.336 e. The Kier molecular flexibility index (Phi) is 9.14. The Morgan fingerprint density at radius 2 is 1.53 bits per heavy atom. The molecule has 0 radical (unpaired) electrons. The van der Waals surface area contributed by atoms with Crippen LogP contribution in [-0.4, -0.2) is 28.1 Å². The Labute approximate surface area is 90.4 Å². The molecule has 84 valence electrons. The van der Waals surface area contributed by atoms with E-state index in [2.05, 4.69) is 17.9 Å². The van der Waals surface area contributed by atoms with Gasteiger partial charge in [-0.05, 0) is 5.54 Å². The molecule has 7 heteroatoms. The van der Waals surface area contributed by atoms with Gasteiger partial charge in [0.25, 0.3) is 5.92 Å². The van der Waals surface area contributed by atoms with Crippen molar-refractivity contribution in [3.05, 3.63) is 25.0 Å². The molecular weight excluding hydrogens is 228 g/mol. The molecule has 0 saturated heterocycles. The fourth-order valence-electron chi connectivity index (χ4n) is 0.457. The molecule has 0 atom stereocenters. The first-order valence-electron chi connectivity index (χ1n) is 3.40. The number of hydrogen-bond acceptors (Lipinski definition) is 4. The lowest BCUT2D eigenvalue weighted by Gasteiger charge is -2.03. The minimum Gasteiger partial charge on any atom is -0.480 e. The number of rotatable bonds is 4. The lowest BCUT2D eigenvalue weighted by atomic mass is 10.1. The average Bonchev–Trinajstić information content (AvgIpc) is 2.03. The molecule has 0 bridgehead atoms. The summed E-state index contributed by atoms with van der Waals surface area (Å²) in [4.78, 5) is 30.9. The summed E-state index contributed by atoms with van der Waals surface area (Å²) in [5.74, 6) is -7.10. The Balaban J connectivity index is 0. The standard InChI is InChI=1S/C6H6O6.C2H3Cl/c1-2-12-6(11)3(4(7)8)5(9)10;1-2-3/h2-3H,1H2,(H,7,8)(H,9,10);2H,1H2. The molecule has 0 aromatic rings. The monoisotopic (exact) mass is 236 g/mol. The first-order chi connectivity index (χ1) is 6.92. The van der Waals surface area contributed by atoms with Crippen molar-refractivity contribution < 1.29 is 29.3 Å². The number of carbonyl (C=O) groups is 3. The Morgan fingerprint density at radius 3 is 1.73 bits per heavy atom. The maximum atomic E-state index is 10.6. The van der Waals surface area contributed by atoms with E-state index in [1.165, 1.54) is 5.54 Å². The summed E-state index contributed by atoms with van der Waals surface area (Å²) in [5.41, 5.74) is 1.22. The second kappa shape index (κ2) is 8.76. The summed E-state index contributed by atoms with van der Waals surface area (Å²) in [6.45, 7) is 6.10. The van der Waals surface area contributed by atoms with E-state index >= 15 is 0 Å². The molecule has 2 N–H and O–H groups in total. The molecule has 0 spiro atoms. The maximum absolute atomic E-state index is 10.6. The number of hydrogen-bond donors (Lipinski definition) is 2. The number of halogens is 1. The zero-order valence-electron chi connectivity index (χ0n) is 7.55. The van der Waals surface area contributed by atoms with E-state index in [9.17, 15) is 14.4 Å². The van der Waals surface area contributed by atoms with Gasteiger partial charge in [0.2, 0.25) is 0 Å². The highest BCUT2D eigenvalue weighted by molar-refractivity contribution is 6.25. The van der Waals surface area contributed by atoms with Crippen molar-refractivity contribution in [3.63, 3.8) is 0 Å². The van der Waals surface area contributed by atoms with E-state index < -0.39 is 23.8 Å². The van der Waals surface area contributed by atoms with Gasteiger partial charge < -0.3 is 14.9 Å². The topological polar surface area (TPSA) is 101 Å². The zero-order valence-corrected chi connectivity index (χ0v) is 8.31. The van der Waals surface area contributed by atoms with Crippen LogP contribution in [0.5, 0.6) is 0 Å². The summed E-state index contributed by atoms with van der Waals surface area (Å²) in [6, 6.07) is 0. The minimum atomic E-state index is -2.19. The molecule has 0 fully saturated rings. The fraction of sp³-hybridized carbons (Fsp3) is 0.125. The highest BCUT2D eigenvalue weighted by Crippen LogP contribution is 2.00. The van der Waals surface area contributed by atoms with Crippen LogP contribution in [0.1, 0.15) is 0 Å². The first-order valence-corrected chi connectivity index (χ1v) is 3.84. The van der Waals surface area contributed by atoms with Gasteiger partial charge in [0.15, 0.2) is 0 Å². The lowest BCUT2D eigenvalue weighted by molar-refractivity contribution is -0.164. The van der Waals surface area contributed by atoms with Crippen molar-refractivity contribution in [2.75, 3.05) is 0 Å². The molecule has 0 aliphatic heterocycles. The number of esters is 1. The van der Waals surface area contributed by atoms with Crippen LogP contribution >= 0.6 is 11.6 Å². The molecule has 0 saturated carbocycles. The van der Waals surface area contributed by atoms with E-state index in [1.807, 2.05) is 0 Å². The molecule has 0 aromatic heterocycles. The molecule has 15 heavy (non-hydrogen) atoms. The average molecular weight is 237 g/mol. The van der Waals surface area contributed by atoms with Gasteiger partial charge >= 0.3 is 17.9 Å². The third-order valence-corrected chi connectivity index (χ3v) is 0.929. The third kappa shape index (κ3) is 7.27. The Bertz CT molecular complexity index is 258. The number of ether oxygens (including phenoxy) is 1. The summed E-state index contributed by atoms with van der Waals surface area (Å²) >= 11 is 4.76. The van der Waals surface area contributed by atoms with Crippen molar-refractivity contribution in [3.8, 4) is 0 Å². The first kappa shape index (κ1) is 15.6. The molecule has 0 aliphatic rings. The van der Waals surface area contributed by atoms with Crippen molar-refractivity contribution in [1.29, 1.82) is 0 Å². The molecule has 0 aromatic carbocycles. The summed E-state index contributed by atoms with van der Waals surface area (Å²) in [5, 5.41) is 16.4. The molecular formula is C8H9ClO6. The fourth-order valence-corrected chi connectivity index (χ4v) is 0.457. The highest BCUT2D eigenvalue weighted by Gasteiger charge is 2.35. The highest BCUT2D eigenvalue weighted by atomic mass is 35.5. The van der Waals surface area contributed by atoms with Crippen LogP contribution in [0.4, 0.5) is 0 Å². The Morgan fingerprint density at radius 1 is 1.20 bits per heavy atom. The number of aliphatic carboxylic acids is 2. The van der Waals surface area contributed by atoms with E-state index in [0.717, 1.165) is 0 Å². The molecule has 6 nitrogen and oxygen atoms in total. The molecule has 0 rings (SSSR count). The van der Waals surface area contributed by atoms with Gasteiger partial charge in [-0.3, -0.25) is 14.4 Å². The van der Waals surface area contributed by atoms with E-state index in [-0.39, 0.29) is 0 Å². The third-order valence-electron chi connectivity index (χ3n) is 0.929. The van der Waals surface area contributed by atoms with E-state index in [1.54, 1.807) is 0 Å². The zero-order chi connectivity index (χ0) is 12.4. The van der Waals surface area contributed by atoms with Crippen molar-refractivity contribution in [2.24, 2.45) is 5.92 Å². The van der Waals surface area contributed by atoms with Gasteiger partial charge in [-0.25, -0.2) is 0 Å². The summed E-state index contributed by atoms with van der Waals surface area (Å²) in [7, 11) is 0. The molecule has 0 unspecified atom stereocenters. The van der Waals surface area contributed by atoms with Crippen LogP contribution in [0.25, 0.3) is 0 Å². The van der Waals surface area contributed by atoms with Crippen LogP contribution in [0, 0.1) is 5.92 Å². The summed E-state index contributed by atoms with van der Waals surface area (Å²) in [6.07, 6.45) is 0.668. The van der Waals surface area contributed by atoms with Gasteiger partial charge in [0, 0.05) is 0 Å². The predicted octanol–water partition coefficient (Wildman–Crippen LogP) is 0.827. The SMILES string of the molecule is C=CCl.C=COC(=O)C(C(=O)O)C(=O)O. The van der Waals surface area contributed by atoms with Gasteiger partial charge in [-0.2, -0.15) is 0 Å². The van der Waals surface area contributed by atoms with Gasteiger partial charge in [-0.1, -0.05) is 24.8 Å². The minimum absolute atomic E-state index is 0.668. The Hall–Kier alpha value is -1.82. The number of carboxylic acids is 2. The van der Waals surface area contributed by atoms with Gasteiger partial charge in [0.05, 0.1) is 6.26 Å². The summed E-state index contributed by atoms with van der Waals surface area (Å²) < 4.78 is 3.99. The smallest absolute Gasteiger partial charge is 0.336 e. The second-order valence-electron chi connectivity index (χ2n) is 1.87. The number of carbonyl (C=O) groups excluding carboxylic acids is 1. The largest absolute Gasteiger partial charge is 0.480 e. The predicted molar refractivity (Wildman–Crippen MR) is 51.1 cm³/mol. The van der Waals surface area contributed by atoms with Crippen molar-refractivity contribution in [1.82, 2.24) is 0 Å². The lowest BCUT2D eigenvalue weighted by Crippen LogP contribution is -2.32. The van der Waals surface area contributed by atoms with E-state index in [0.29, 0.717) is 6.26 Å². The van der Waals surface area contributed by atoms with Crippen LogP contribution < -0.4 is 0 Å². The van der Waals surface area contributed by atoms with Crippen LogP contribution in [-0.2, 0) is 19.1 Å². The second-order valence-corrected chi connectivity index (χ2v) is 2.18. The van der Waals surface area contributed by atoms with E-state index in [4.69, 9.17) is 21.8 Å².